The van der Waals surface area contributed by atoms with Crippen molar-refractivity contribution >= 4 is 0 Å². The minimum absolute atomic E-state index is 0.292. The van der Waals surface area contributed by atoms with Crippen LogP contribution in [0.5, 0.6) is 28.7 Å². The van der Waals surface area contributed by atoms with Crippen LogP contribution in [0.1, 0.15) is 23.6 Å². The van der Waals surface area contributed by atoms with E-state index in [9.17, 15) is 0 Å². The predicted molar refractivity (Wildman–Crippen MR) is 128 cm³/mol. The first kappa shape index (κ1) is 22.8. The van der Waals surface area contributed by atoms with Crippen molar-refractivity contribution in [3.8, 4) is 28.7 Å². The smallest absolute Gasteiger partial charge is 0.231 e. The van der Waals surface area contributed by atoms with Crippen molar-refractivity contribution in [2.24, 2.45) is 0 Å². The van der Waals surface area contributed by atoms with Gasteiger partial charge in [0.2, 0.25) is 6.79 Å². The van der Waals surface area contributed by atoms with Gasteiger partial charge in [-0.3, -0.25) is 4.90 Å². The van der Waals surface area contributed by atoms with E-state index in [1.54, 1.807) is 14.2 Å². The third-order valence-corrected chi connectivity index (χ3v) is 5.68. The Hall–Kier alpha value is -3.38. The molecular formula is C27H31NO5. The number of benzene rings is 3. The summed E-state index contributed by atoms with van der Waals surface area (Å²) in [7, 11) is 3.36. The zero-order valence-corrected chi connectivity index (χ0v) is 19.5. The van der Waals surface area contributed by atoms with Gasteiger partial charge in [0.25, 0.3) is 0 Å². The predicted octanol–water partition coefficient (Wildman–Crippen LogP) is 5.08. The van der Waals surface area contributed by atoms with Gasteiger partial charge in [-0.25, -0.2) is 0 Å². The van der Waals surface area contributed by atoms with Crippen LogP contribution in [0.15, 0.2) is 60.7 Å². The maximum Gasteiger partial charge on any atom is 0.231 e. The summed E-state index contributed by atoms with van der Waals surface area (Å²) >= 11 is 0. The second kappa shape index (κ2) is 11.0. The molecule has 3 aromatic rings. The van der Waals surface area contributed by atoms with Crippen LogP contribution in [0.25, 0.3) is 0 Å². The molecule has 1 heterocycles. The SMILES string of the molecule is CCOc1ccc(CN(CCc2ccc3c(c2)OCO3)Cc2ccc(OC)cc2OC)cc1. The highest BCUT2D eigenvalue weighted by molar-refractivity contribution is 5.44. The van der Waals surface area contributed by atoms with Crippen LogP contribution in [0.3, 0.4) is 0 Å². The van der Waals surface area contributed by atoms with E-state index in [0.717, 1.165) is 60.4 Å². The minimum atomic E-state index is 0.292. The van der Waals surface area contributed by atoms with E-state index >= 15 is 0 Å². The second-order valence-electron chi connectivity index (χ2n) is 7.90. The number of nitrogens with zero attached hydrogens (tertiary/aromatic N) is 1. The molecule has 0 unspecified atom stereocenters. The Balaban J connectivity index is 1.51. The Labute approximate surface area is 195 Å². The van der Waals surface area contributed by atoms with Gasteiger partial charge >= 0.3 is 0 Å². The summed E-state index contributed by atoms with van der Waals surface area (Å²) < 4.78 is 27.6. The maximum absolute atomic E-state index is 5.64. The first-order valence-corrected chi connectivity index (χ1v) is 11.2. The van der Waals surface area contributed by atoms with Gasteiger partial charge in [-0.05, 0) is 54.8 Å². The first-order valence-electron chi connectivity index (χ1n) is 11.2. The van der Waals surface area contributed by atoms with E-state index in [0.29, 0.717) is 13.4 Å². The lowest BCUT2D eigenvalue weighted by Crippen LogP contribution is -2.25. The number of fused-ring (bicyclic) bond motifs is 1. The van der Waals surface area contributed by atoms with Crippen LogP contribution in [-0.4, -0.2) is 39.1 Å². The number of hydrogen-bond donors (Lipinski definition) is 0. The highest BCUT2D eigenvalue weighted by Gasteiger charge is 2.15. The molecule has 0 fully saturated rings. The molecule has 1 aliphatic rings. The standard InChI is InChI=1S/C27H31NO5/c1-4-31-23-9-5-21(6-10-23)17-28(18-22-8-11-24(29-2)16-26(22)30-3)14-13-20-7-12-25-27(15-20)33-19-32-25/h5-12,15-16H,4,13-14,17-19H2,1-3H3. The Morgan fingerprint density at radius 2 is 1.55 bits per heavy atom. The Bertz CT molecular complexity index is 1050. The van der Waals surface area contributed by atoms with Crippen LogP contribution in [0.2, 0.25) is 0 Å². The monoisotopic (exact) mass is 449 g/mol. The number of hydrogen-bond acceptors (Lipinski definition) is 6. The molecule has 0 atom stereocenters. The van der Waals surface area contributed by atoms with E-state index in [1.165, 1.54) is 11.1 Å². The van der Waals surface area contributed by atoms with Crippen LogP contribution in [0, 0.1) is 0 Å². The molecule has 0 bridgehead atoms. The lowest BCUT2D eigenvalue weighted by atomic mass is 10.1. The summed E-state index contributed by atoms with van der Waals surface area (Å²) in [6.07, 6.45) is 0.895. The number of methoxy groups -OCH3 is 2. The van der Waals surface area contributed by atoms with Crippen molar-refractivity contribution < 1.29 is 23.7 Å². The summed E-state index contributed by atoms with van der Waals surface area (Å²) in [6, 6.07) is 20.5. The molecule has 6 nitrogen and oxygen atoms in total. The molecule has 0 spiro atoms. The zero-order chi connectivity index (χ0) is 23.0. The minimum Gasteiger partial charge on any atom is -0.497 e. The van der Waals surface area contributed by atoms with Crippen molar-refractivity contribution in [2.45, 2.75) is 26.4 Å². The number of rotatable bonds is 11. The number of ether oxygens (including phenoxy) is 5. The summed E-state index contributed by atoms with van der Waals surface area (Å²) in [4.78, 5) is 2.42. The van der Waals surface area contributed by atoms with Gasteiger partial charge in [0.1, 0.15) is 17.2 Å². The summed E-state index contributed by atoms with van der Waals surface area (Å²) in [5, 5.41) is 0. The molecule has 0 saturated carbocycles. The molecular weight excluding hydrogens is 418 g/mol. The molecule has 174 valence electrons. The van der Waals surface area contributed by atoms with Gasteiger partial charge in [-0.1, -0.05) is 24.3 Å². The quantitative estimate of drug-likeness (QED) is 0.407. The topological polar surface area (TPSA) is 49.4 Å². The van der Waals surface area contributed by atoms with Crippen molar-refractivity contribution in [2.75, 3.05) is 34.2 Å². The van der Waals surface area contributed by atoms with Gasteiger partial charge in [0, 0.05) is 31.3 Å². The highest BCUT2D eigenvalue weighted by atomic mass is 16.7. The second-order valence-corrected chi connectivity index (χ2v) is 7.90. The van der Waals surface area contributed by atoms with Gasteiger partial charge in [0.05, 0.1) is 20.8 Å². The molecule has 3 aromatic carbocycles. The molecule has 0 N–H and O–H groups in total. The molecule has 0 aromatic heterocycles. The lowest BCUT2D eigenvalue weighted by molar-refractivity contribution is 0.174. The van der Waals surface area contributed by atoms with E-state index in [4.69, 9.17) is 23.7 Å². The third kappa shape index (κ3) is 5.90. The summed E-state index contributed by atoms with van der Waals surface area (Å²) in [6.45, 7) is 5.39. The molecule has 0 radical (unpaired) electrons. The van der Waals surface area contributed by atoms with Crippen LogP contribution in [0.4, 0.5) is 0 Å². The fourth-order valence-electron chi connectivity index (χ4n) is 3.94. The van der Waals surface area contributed by atoms with E-state index in [2.05, 4.69) is 35.2 Å². The Kier molecular flexibility index (Phi) is 7.58. The molecule has 33 heavy (non-hydrogen) atoms. The summed E-state index contributed by atoms with van der Waals surface area (Å²) in [5.74, 6) is 4.14. The van der Waals surface area contributed by atoms with Gasteiger partial charge in [-0.2, -0.15) is 0 Å². The molecule has 4 rings (SSSR count). The highest BCUT2D eigenvalue weighted by Crippen LogP contribution is 2.33. The van der Waals surface area contributed by atoms with Crippen molar-refractivity contribution in [3.63, 3.8) is 0 Å². The van der Waals surface area contributed by atoms with Gasteiger partial charge in [0.15, 0.2) is 11.5 Å². The molecule has 1 aliphatic heterocycles. The zero-order valence-electron chi connectivity index (χ0n) is 19.5. The van der Waals surface area contributed by atoms with E-state index in [1.807, 2.05) is 37.3 Å². The average molecular weight is 450 g/mol. The molecule has 0 amide bonds. The van der Waals surface area contributed by atoms with Gasteiger partial charge < -0.3 is 23.7 Å². The largest absolute Gasteiger partial charge is 0.497 e. The molecule has 6 heteroatoms. The van der Waals surface area contributed by atoms with Crippen LogP contribution in [-0.2, 0) is 19.5 Å². The lowest BCUT2D eigenvalue weighted by Gasteiger charge is -2.24. The Morgan fingerprint density at radius 3 is 2.30 bits per heavy atom. The first-order chi connectivity index (χ1) is 16.2. The van der Waals surface area contributed by atoms with Crippen molar-refractivity contribution in [3.05, 3.63) is 77.4 Å². The van der Waals surface area contributed by atoms with Crippen LogP contribution >= 0.6 is 0 Å². The third-order valence-electron chi connectivity index (χ3n) is 5.68. The van der Waals surface area contributed by atoms with Gasteiger partial charge in [-0.15, -0.1) is 0 Å². The van der Waals surface area contributed by atoms with E-state index < -0.39 is 0 Å². The molecule has 0 aliphatic carbocycles. The van der Waals surface area contributed by atoms with E-state index in [-0.39, 0.29) is 0 Å². The van der Waals surface area contributed by atoms with Crippen molar-refractivity contribution in [1.29, 1.82) is 0 Å². The maximum atomic E-state index is 5.64. The van der Waals surface area contributed by atoms with Crippen molar-refractivity contribution in [1.82, 2.24) is 4.90 Å². The fourth-order valence-corrected chi connectivity index (χ4v) is 3.94. The average Bonchev–Trinajstić information content (AvgIpc) is 3.32. The normalized spacial score (nSPS) is 12.1. The fraction of sp³-hybridized carbons (Fsp3) is 0.333. The Morgan fingerprint density at radius 1 is 0.788 bits per heavy atom. The molecule has 0 saturated heterocycles. The van der Waals surface area contributed by atoms with Crippen LogP contribution < -0.4 is 23.7 Å². The summed E-state index contributed by atoms with van der Waals surface area (Å²) in [5.41, 5.74) is 3.57.